The first kappa shape index (κ1) is 9.00. The molecule has 0 aromatic heterocycles. The van der Waals surface area contributed by atoms with Crippen molar-refractivity contribution in [1.82, 2.24) is 0 Å². The van der Waals surface area contributed by atoms with Gasteiger partial charge in [-0.25, -0.2) is 0 Å². The maximum atomic E-state index is 10.4. The summed E-state index contributed by atoms with van der Waals surface area (Å²) in [5.41, 5.74) is 1.63. The molecule has 0 atom stereocenters. The molecule has 0 radical (unpaired) electrons. The summed E-state index contributed by atoms with van der Waals surface area (Å²) >= 11 is 7.93. The molecule has 1 nitrogen and oxygen atoms in total. The summed E-state index contributed by atoms with van der Waals surface area (Å²) < 4.78 is 0.979. The number of hydrogen-bond acceptors (Lipinski definition) is 1. The third kappa shape index (κ3) is 1.93. The van der Waals surface area contributed by atoms with Crippen LogP contribution < -0.4 is 0 Å². The summed E-state index contributed by atoms with van der Waals surface area (Å²) in [5, 5.41) is 0.637. The van der Waals surface area contributed by atoms with Gasteiger partial charge in [0.05, 0.1) is 5.02 Å². The third-order valence-corrected chi connectivity index (χ3v) is 2.96. The predicted molar refractivity (Wildman–Crippen MR) is 54.3 cm³/mol. The van der Waals surface area contributed by atoms with E-state index in [1.54, 1.807) is 6.07 Å². The Morgan fingerprint density at radius 1 is 1.55 bits per heavy atom. The number of aryl methyl sites for hydroxylation is 1. The van der Waals surface area contributed by atoms with Gasteiger partial charge in [0, 0.05) is 9.13 Å². The molecule has 0 N–H and O–H groups in total. The van der Waals surface area contributed by atoms with Crippen molar-refractivity contribution in [3.63, 3.8) is 0 Å². The zero-order valence-corrected chi connectivity index (χ0v) is 8.81. The smallest absolute Gasteiger partial charge is 0.150 e. The number of benzene rings is 1. The monoisotopic (exact) mass is 280 g/mol. The van der Waals surface area contributed by atoms with Crippen LogP contribution in [0, 0.1) is 10.5 Å². The molecule has 0 aliphatic rings. The Morgan fingerprint density at radius 3 is 2.73 bits per heavy atom. The Balaban J connectivity index is 3.31. The van der Waals surface area contributed by atoms with E-state index in [0.29, 0.717) is 10.6 Å². The van der Waals surface area contributed by atoms with E-state index in [9.17, 15) is 4.79 Å². The highest BCUT2D eigenvalue weighted by Crippen LogP contribution is 2.21. The molecule has 0 unspecified atom stereocenters. The Labute approximate surface area is 83.9 Å². The predicted octanol–water partition coefficient (Wildman–Crippen LogP) is 3.07. The van der Waals surface area contributed by atoms with E-state index in [-0.39, 0.29) is 0 Å². The van der Waals surface area contributed by atoms with Gasteiger partial charge in [-0.15, -0.1) is 0 Å². The normalized spacial score (nSPS) is 9.73. The van der Waals surface area contributed by atoms with Crippen molar-refractivity contribution in [2.24, 2.45) is 0 Å². The van der Waals surface area contributed by atoms with E-state index in [0.717, 1.165) is 15.4 Å². The van der Waals surface area contributed by atoms with Gasteiger partial charge in [0.25, 0.3) is 0 Å². The van der Waals surface area contributed by atoms with Crippen molar-refractivity contribution in [2.75, 3.05) is 0 Å². The zero-order chi connectivity index (χ0) is 8.43. The Kier molecular flexibility index (Phi) is 2.90. The molecule has 0 heterocycles. The minimum absolute atomic E-state index is 0.637. The van der Waals surface area contributed by atoms with E-state index >= 15 is 0 Å². The maximum Gasteiger partial charge on any atom is 0.150 e. The second-order valence-corrected chi connectivity index (χ2v) is 3.81. The van der Waals surface area contributed by atoms with E-state index in [4.69, 9.17) is 11.6 Å². The molecule has 0 saturated heterocycles. The molecule has 1 aromatic carbocycles. The number of halogens is 2. The Morgan fingerprint density at radius 2 is 2.18 bits per heavy atom. The quantitative estimate of drug-likeness (QED) is 0.571. The van der Waals surface area contributed by atoms with Gasteiger partial charge in [-0.05, 0) is 47.2 Å². The molecule has 58 valence electrons. The van der Waals surface area contributed by atoms with E-state index < -0.39 is 0 Å². The molecule has 0 aliphatic carbocycles. The fourth-order valence-electron chi connectivity index (χ4n) is 0.789. The first-order chi connectivity index (χ1) is 5.15. The van der Waals surface area contributed by atoms with Crippen LogP contribution in [0.1, 0.15) is 15.9 Å². The molecule has 0 saturated carbocycles. The van der Waals surface area contributed by atoms with Gasteiger partial charge in [0.2, 0.25) is 0 Å². The van der Waals surface area contributed by atoms with E-state index in [1.807, 2.05) is 13.0 Å². The summed E-state index contributed by atoms with van der Waals surface area (Å²) in [6, 6.07) is 3.58. The Bertz CT molecular complexity index is 296. The molecule has 1 rings (SSSR count). The fourth-order valence-corrected chi connectivity index (χ4v) is 1.58. The van der Waals surface area contributed by atoms with E-state index in [2.05, 4.69) is 22.6 Å². The summed E-state index contributed by atoms with van der Waals surface area (Å²) in [6.07, 6.45) is 0.817. The first-order valence-electron chi connectivity index (χ1n) is 3.06. The van der Waals surface area contributed by atoms with Crippen molar-refractivity contribution >= 4 is 40.5 Å². The fraction of sp³-hybridized carbons (Fsp3) is 0.125. The summed E-state index contributed by atoms with van der Waals surface area (Å²) in [6.45, 7) is 1.89. The van der Waals surface area contributed by atoms with Crippen molar-refractivity contribution < 1.29 is 4.79 Å². The molecule has 3 heteroatoms. The third-order valence-electron chi connectivity index (χ3n) is 1.44. The minimum atomic E-state index is 0.637. The lowest BCUT2D eigenvalue weighted by Crippen LogP contribution is -1.87. The number of hydrogen-bond donors (Lipinski definition) is 0. The molecule has 0 spiro atoms. The molecule has 1 aromatic rings. The minimum Gasteiger partial charge on any atom is -0.298 e. The van der Waals surface area contributed by atoms with Crippen LogP contribution in [0.2, 0.25) is 5.02 Å². The summed E-state index contributed by atoms with van der Waals surface area (Å²) in [4.78, 5) is 10.4. The lowest BCUT2D eigenvalue weighted by Gasteiger charge is -2.00. The largest absolute Gasteiger partial charge is 0.298 e. The highest BCUT2D eigenvalue weighted by atomic mass is 127. The van der Waals surface area contributed by atoms with Crippen LogP contribution in [-0.4, -0.2) is 6.29 Å². The van der Waals surface area contributed by atoms with Gasteiger partial charge in [0.15, 0.2) is 0 Å². The Hall–Kier alpha value is -0.0900. The van der Waals surface area contributed by atoms with Crippen molar-refractivity contribution in [1.29, 1.82) is 0 Å². The topological polar surface area (TPSA) is 17.1 Å². The SMILES string of the molecule is Cc1cc(I)c(Cl)cc1C=O. The van der Waals surface area contributed by atoms with Crippen LogP contribution in [-0.2, 0) is 0 Å². The van der Waals surface area contributed by atoms with Crippen LogP contribution >= 0.6 is 34.2 Å². The first-order valence-corrected chi connectivity index (χ1v) is 4.51. The second-order valence-electron chi connectivity index (χ2n) is 2.24. The summed E-state index contributed by atoms with van der Waals surface area (Å²) in [5.74, 6) is 0. The standard InChI is InChI=1S/C8H6ClIO/c1-5-2-8(10)7(9)3-6(5)4-11/h2-4H,1H3. The maximum absolute atomic E-state index is 10.4. The molecule has 0 aliphatic heterocycles. The lowest BCUT2D eigenvalue weighted by molar-refractivity contribution is 0.112. The lowest BCUT2D eigenvalue weighted by atomic mass is 10.1. The molecule has 0 amide bonds. The molecular weight excluding hydrogens is 274 g/mol. The van der Waals surface area contributed by atoms with Crippen molar-refractivity contribution in [3.8, 4) is 0 Å². The van der Waals surface area contributed by atoms with Gasteiger partial charge in [0.1, 0.15) is 6.29 Å². The molecule has 11 heavy (non-hydrogen) atoms. The van der Waals surface area contributed by atoms with Crippen molar-refractivity contribution in [2.45, 2.75) is 6.92 Å². The highest BCUT2D eigenvalue weighted by Gasteiger charge is 2.01. The summed E-state index contributed by atoms with van der Waals surface area (Å²) in [7, 11) is 0. The van der Waals surface area contributed by atoms with Gasteiger partial charge in [-0.3, -0.25) is 4.79 Å². The van der Waals surface area contributed by atoms with Crippen molar-refractivity contribution in [3.05, 3.63) is 31.9 Å². The second kappa shape index (κ2) is 3.54. The average Bonchev–Trinajstić information content (AvgIpc) is 1.97. The van der Waals surface area contributed by atoms with Crippen LogP contribution in [0.25, 0.3) is 0 Å². The van der Waals surface area contributed by atoms with Gasteiger partial charge in [-0.2, -0.15) is 0 Å². The zero-order valence-electron chi connectivity index (χ0n) is 5.90. The van der Waals surface area contributed by atoms with Crippen LogP contribution in [0.15, 0.2) is 12.1 Å². The number of rotatable bonds is 1. The van der Waals surface area contributed by atoms with Crippen LogP contribution in [0.5, 0.6) is 0 Å². The van der Waals surface area contributed by atoms with Gasteiger partial charge >= 0.3 is 0 Å². The van der Waals surface area contributed by atoms with E-state index in [1.165, 1.54) is 0 Å². The number of carbonyl (C=O) groups is 1. The number of aldehydes is 1. The van der Waals surface area contributed by atoms with Crippen LogP contribution in [0.4, 0.5) is 0 Å². The van der Waals surface area contributed by atoms with Crippen LogP contribution in [0.3, 0.4) is 0 Å². The highest BCUT2D eigenvalue weighted by molar-refractivity contribution is 14.1. The number of carbonyl (C=O) groups excluding carboxylic acids is 1. The van der Waals surface area contributed by atoms with Gasteiger partial charge in [-0.1, -0.05) is 11.6 Å². The average molecular weight is 280 g/mol. The molecule has 0 fully saturated rings. The molecular formula is C8H6ClIO. The molecule has 0 bridgehead atoms. The van der Waals surface area contributed by atoms with Gasteiger partial charge < -0.3 is 0 Å².